The van der Waals surface area contributed by atoms with Crippen molar-refractivity contribution in [2.24, 2.45) is 11.1 Å². The molecule has 1 atom stereocenters. The van der Waals surface area contributed by atoms with Crippen LogP contribution in [0.3, 0.4) is 0 Å². The lowest BCUT2D eigenvalue weighted by Gasteiger charge is -2.23. The van der Waals surface area contributed by atoms with Gasteiger partial charge in [0.1, 0.15) is 0 Å². The fourth-order valence-electron chi connectivity index (χ4n) is 2.68. The van der Waals surface area contributed by atoms with Gasteiger partial charge < -0.3 is 10.6 Å². The molecule has 1 aromatic carbocycles. The molecule has 0 bridgehead atoms. The SMILES string of the molecule is CC(C)S(=O)(=O)c1ccccc1C(=O)N1CCC(C)(CN)C1. The van der Waals surface area contributed by atoms with E-state index in [1.54, 1.807) is 36.9 Å². The first-order chi connectivity index (χ1) is 10.2. The zero-order valence-electron chi connectivity index (χ0n) is 13.4. The Balaban J connectivity index is 2.37. The van der Waals surface area contributed by atoms with Crippen molar-refractivity contribution in [2.45, 2.75) is 37.3 Å². The lowest BCUT2D eigenvalue weighted by molar-refractivity contribution is 0.0773. The monoisotopic (exact) mass is 324 g/mol. The largest absolute Gasteiger partial charge is 0.338 e. The Labute approximate surface area is 132 Å². The van der Waals surface area contributed by atoms with Crippen molar-refractivity contribution >= 4 is 15.7 Å². The molecular formula is C16H24N2O3S. The molecule has 0 saturated carbocycles. The zero-order valence-corrected chi connectivity index (χ0v) is 14.2. The van der Waals surface area contributed by atoms with E-state index >= 15 is 0 Å². The van der Waals surface area contributed by atoms with Gasteiger partial charge in [0.2, 0.25) is 0 Å². The summed E-state index contributed by atoms with van der Waals surface area (Å²) >= 11 is 0. The second-order valence-corrected chi connectivity index (χ2v) is 9.05. The third kappa shape index (κ3) is 3.03. The molecule has 1 aliphatic heterocycles. The molecule has 22 heavy (non-hydrogen) atoms. The summed E-state index contributed by atoms with van der Waals surface area (Å²) in [7, 11) is -3.49. The molecule has 1 saturated heterocycles. The van der Waals surface area contributed by atoms with E-state index in [4.69, 9.17) is 5.73 Å². The quantitative estimate of drug-likeness (QED) is 0.914. The fourth-order valence-corrected chi connectivity index (χ4v) is 3.92. The van der Waals surface area contributed by atoms with E-state index in [2.05, 4.69) is 6.92 Å². The van der Waals surface area contributed by atoms with Gasteiger partial charge in [0, 0.05) is 13.1 Å². The number of hydrogen-bond donors (Lipinski definition) is 1. The highest BCUT2D eigenvalue weighted by atomic mass is 32.2. The number of sulfone groups is 1. The van der Waals surface area contributed by atoms with Gasteiger partial charge in [-0.1, -0.05) is 19.1 Å². The van der Waals surface area contributed by atoms with Gasteiger partial charge in [-0.3, -0.25) is 4.79 Å². The van der Waals surface area contributed by atoms with Gasteiger partial charge >= 0.3 is 0 Å². The summed E-state index contributed by atoms with van der Waals surface area (Å²) in [5.74, 6) is -0.225. The van der Waals surface area contributed by atoms with Crippen molar-refractivity contribution in [3.63, 3.8) is 0 Å². The Bertz CT molecular complexity index is 670. The zero-order chi connectivity index (χ0) is 16.5. The number of amides is 1. The molecule has 0 aliphatic carbocycles. The summed E-state index contributed by atoms with van der Waals surface area (Å²) in [5.41, 5.74) is 5.95. The van der Waals surface area contributed by atoms with E-state index in [-0.39, 0.29) is 21.8 Å². The van der Waals surface area contributed by atoms with Crippen LogP contribution in [0.25, 0.3) is 0 Å². The predicted molar refractivity (Wildman–Crippen MR) is 86.4 cm³/mol. The first kappa shape index (κ1) is 17.0. The Morgan fingerprint density at radius 3 is 2.55 bits per heavy atom. The van der Waals surface area contributed by atoms with E-state index in [0.29, 0.717) is 19.6 Å². The highest BCUT2D eigenvalue weighted by Crippen LogP contribution is 2.31. The Morgan fingerprint density at radius 1 is 1.36 bits per heavy atom. The molecule has 5 nitrogen and oxygen atoms in total. The minimum atomic E-state index is -3.49. The summed E-state index contributed by atoms with van der Waals surface area (Å²) < 4.78 is 24.9. The highest BCUT2D eigenvalue weighted by molar-refractivity contribution is 7.92. The van der Waals surface area contributed by atoms with Gasteiger partial charge in [-0.15, -0.1) is 0 Å². The number of nitrogens with two attached hydrogens (primary N) is 1. The Morgan fingerprint density at radius 2 is 2.00 bits per heavy atom. The van der Waals surface area contributed by atoms with E-state index in [9.17, 15) is 13.2 Å². The van der Waals surface area contributed by atoms with Crippen molar-refractivity contribution in [2.75, 3.05) is 19.6 Å². The van der Waals surface area contributed by atoms with Crippen LogP contribution >= 0.6 is 0 Å². The van der Waals surface area contributed by atoms with Gasteiger partial charge in [0.05, 0.1) is 15.7 Å². The van der Waals surface area contributed by atoms with Crippen molar-refractivity contribution in [1.29, 1.82) is 0 Å². The van der Waals surface area contributed by atoms with Crippen molar-refractivity contribution in [1.82, 2.24) is 4.90 Å². The Kier molecular flexibility index (Phi) is 4.63. The van der Waals surface area contributed by atoms with Gasteiger partial charge in [-0.05, 0) is 44.4 Å². The summed E-state index contributed by atoms with van der Waals surface area (Å²) in [6.07, 6.45) is 0.842. The maximum Gasteiger partial charge on any atom is 0.255 e. The molecule has 1 unspecified atom stereocenters. The summed E-state index contributed by atoms with van der Waals surface area (Å²) in [6.45, 7) is 7.00. The molecule has 2 rings (SSSR count). The molecule has 1 amide bonds. The number of likely N-dealkylation sites (tertiary alicyclic amines) is 1. The van der Waals surface area contributed by atoms with Crippen LogP contribution in [0.5, 0.6) is 0 Å². The first-order valence-corrected chi connectivity index (χ1v) is 9.08. The van der Waals surface area contributed by atoms with Crippen LogP contribution in [0.2, 0.25) is 0 Å². The molecule has 0 aromatic heterocycles. The number of hydrogen-bond acceptors (Lipinski definition) is 4. The number of carbonyl (C=O) groups excluding carboxylic acids is 1. The van der Waals surface area contributed by atoms with Gasteiger partial charge in [0.15, 0.2) is 9.84 Å². The van der Waals surface area contributed by atoms with E-state index in [1.165, 1.54) is 6.07 Å². The normalized spacial score (nSPS) is 22.3. The molecule has 0 radical (unpaired) electrons. The molecule has 1 fully saturated rings. The van der Waals surface area contributed by atoms with Crippen molar-refractivity contribution in [3.05, 3.63) is 29.8 Å². The third-order valence-electron chi connectivity index (χ3n) is 4.38. The molecule has 2 N–H and O–H groups in total. The van der Waals surface area contributed by atoms with Crippen LogP contribution in [0.15, 0.2) is 29.2 Å². The second kappa shape index (κ2) is 6.01. The Hall–Kier alpha value is -1.40. The molecule has 6 heteroatoms. The van der Waals surface area contributed by atoms with Crippen LogP contribution in [0.1, 0.15) is 37.6 Å². The summed E-state index contributed by atoms with van der Waals surface area (Å²) in [5, 5.41) is -0.561. The lowest BCUT2D eigenvalue weighted by atomic mass is 9.90. The maximum absolute atomic E-state index is 12.8. The molecular weight excluding hydrogens is 300 g/mol. The van der Waals surface area contributed by atoms with Gasteiger partial charge in [-0.2, -0.15) is 0 Å². The number of rotatable bonds is 4. The van der Waals surface area contributed by atoms with E-state index < -0.39 is 15.1 Å². The molecule has 1 heterocycles. The predicted octanol–water partition coefficient (Wildman–Crippen LogP) is 1.68. The molecule has 122 valence electrons. The summed E-state index contributed by atoms with van der Waals surface area (Å²) in [4.78, 5) is 14.6. The van der Waals surface area contributed by atoms with Crippen molar-refractivity contribution < 1.29 is 13.2 Å². The number of carbonyl (C=O) groups is 1. The van der Waals surface area contributed by atoms with Crippen LogP contribution < -0.4 is 5.73 Å². The molecule has 1 aromatic rings. The maximum atomic E-state index is 12.8. The topological polar surface area (TPSA) is 80.5 Å². The van der Waals surface area contributed by atoms with E-state index in [1.807, 2.05) is 0 Å². The second-order valence-electron chi connectivity index (χ2n) is 6.58. The average molecular weight is 324 g/mol. The molecule has 1 aliphatic rings. The minimum absolute atomic E-state index is 0.0818. The van der Waals surface area contributed by atoms with Crippen LogP contribution in [-0.4, -0.2) is 44.1 Å². The van der Waals surface area contributed by atoms with Gasteiger partial charge in [0.25, 0.3) is 5.91 Å². The average Bonchev–Trinajstić information content (AvgIpc) is 2.89. The third-order valence-corrected chi connectivity index (χ3v) is 6.59. The van der Waals surface area contributed by atoms with Crippen LogP contribution in [0, 0.1) is 5.41 Å². The van der Waals surface area contributed by atoms with Crippen LogP contribution in [-0.2, 0) is 9.84 Å². The summed E-state index contributed by atoms with van der Waals surface area (Å²) in [6, 6.07) is 6.46. The smallest absolute Gasteiger partial charge is 0.255 e. The van der Waals surface area contributed by atoms with Crippen LogP contribution in [0.4, 0.5) is 0 Å². The molecule has 0 spiro atoms. The van der Waals surface area contributed by atoms with Gasteiger partial charge in [-0.25, -0.2) is 8.42 Å². The lowest BCUT2D eigenvalue weighted by Crippen LogP contribution is -2.35. The van der Waals surface area contributed by atoms with Crippen molar-refractivity contribution in [3.8, 4) is 0 Å². The fraction of sp³-hybridized carbons (Fsp3) is 0.562. The standard InChI is InChI=1S/C16H24N2O3S/c1-12(2)22(20,21)14-7-5-4-6-13(14)15(19)18-9-8-16(3,10-17)11-18/h4-7,12H,8-11,17H2,1-3H3. The first-order valence-electron chi connectivity index (χ1n) is 7.53. The minimum Gasteiger partial charge on any atom is -0.338 e. The van der Waals surface area contributed by atoms with E-state index in [0.717, 1.165) is 6.42 Å². The highest BCUT2D eigenvalue weighted by Gasteiger charge is 2.36. The number of nitrogens with zero attached hydrogens (tertiary/aromatic N) is 1. The number of benzene rings is 1.